The van der Waals surface area contributed by atoms with Crippen molar-refractivity contribution < 1.29 is 15.0 Å². The quantitative estimate of drug-likeness (QED) is 0.253. The Balaban J connectivity index is 3.13. The van der Waals surface area contributed by atoms with Crippen molar-refractivity contribution in [1.29, 1.82) is 0 Å². The zero-order valence-electron chi connectivity index (χ0n) is 16.5. The summed E-state index contributed by atoms with van der Waals surface area (Å²) >= 11 is 0. The molecule has 1 atom stereocenters. The Morgan fingerprint density at radius 1 is 0.760 bits per heavy atom. The van der Waals surface area contributed by atoms with Crippen LogP contribution >= 0.6 is 0 Å². The van der Waals surface area contributed by atoms with Gasteiger partial charge in [-0.05, 0) is 32.1 Å². The predicted octanol–water partition coefficient (Wildman–Crippen LogP) is 5.31. The van der Waals surface area contributed by atoms with Crippen molar-refractivity contribution >= 4 is 5.97 Å². The van der Waals surface area contributed by atoms with E-state index in [1.54, 1.807) is 0 Å². The van der Waals surface area contributed by atoms with Gasteiger partial charge in [-0.2, -0.15) is 0 Å². The molecule has 0 amide bonds. The smallest absolute Gasteiger partial charge is 0.0933 e. The topological polar surface area (TPSA) is 60.4 Å². The average Bonchev–Trinajstić information content (AvgIpc) is 2.60. The molecule has 0 rings (SSSR count). The fraction of sp³-hybridized carbons (Fsp3) is 0.864. The molecule has 0 saturated carbocycles. The summed E-state index contributed by atoms with van der Waals surface area (Å²) in [5.41, 5.74) is 0. The lowest BCUT2D eigenvalue weighted by Gasteiger charge is -2.10. The third-order valence-corrected chi connectivity index (χ3v) is 4.76. The number of carbonyl (C=O) groups is 1. The molecule has 0 bridgehead atoms. The van der Waals surface area contributed by atoms with E-state index in [-0.39, 0.29) is 0 Å². The predicted molar refractivity (Wildman–Crippen MR) is 104 cm³/mol. The summed E-state index contributed by atoms with van der Waals surface area (Å²) < 4.78 is 0. The number of aliphatic carboxylic acids is 1. The molecule has 1 N–H and O–H groups in total. The largest absolute Gasteiger partial charge is 0.547 e. The van der Waals surface area contributed by atoms with Gasteiger partial charge in [0.25, 0.3) is 0 Å². The average molecular weight is 354 g/mol. The summed E-state index contributed by atoms with van der Waals surface area (Å²) in [5.74, 6) is -1.35. The first-order chi connectivity index (χ1) is 12.2. The minimum Gasteiger partial charge on any atom is -0.547 e. The number of carboxylic acid groups (broad SMARTS) is 1. The maximum absolute atomic E-state index is 10.3. The first-order valence-electron chi connectivity index (χ1n) is 10.7. The molecule has 0 saturated heterocycles. The van der Waals surface area contributed by atoms with E-state index < -0.39 is 12.1 Å². The molecular formula is C22H41O3-. The molecule has 0 aliphatic heterocycles. The van der Waals surface area contributed by atoms with E-state index >= 15 is 0 Å². The normalized spacial score (nSPS) is 12.7. The number of hydrogen-bond donors (Lipinski definition) is 1. The van der Waals surface area contributed by atoms with Gasteiger partial charge in [-0.1, -0.05) is 96.1 Å². The minimum atomic E-state index is -1.35. The van der Waals surface area contributed by atoms with Gasteiger partial charge in [0.05, 0.1) is 12.1 Å². The lowest BCUT2D eigenvalue weighted by atomic mass is 10.0. The highest BCUT2D eigenvalue weighted by Crippen LogP contribution is 2.12. The van der Waals surface area contributed by atoms with Crippen molar-refractivity contribution in [1.82, 2.24) is 0 Å². The molecule has 0 aromatic carbocycles. The Morgan fingerprint density at radius 3 is 1.60 bits per heavy atom. The number of rotatable bonds is 19. The van der Waals surface area contributed by atoms with Crippen molar-refractivity contribution in [3.63, 3.8) is 0 Å². The second kappa shape index (κ2) is 19.5. The van der Waals surface area contributed by atoms with Gasteiger partial charge < -0.3 is 15.0 Å². The lowest BCUT2D eigenvalue weighted by Crippen LogP contribution is -2.35. The van der Waals surface area contributed by atoms with Crippen LogP contribution in [0.1, 0.15) is 116 Å². The molecule has 25 heavy (non-hydrogen) atoms. The molecule has 0 aromatic rings. The van der Waals surface area contributed by atoms with Crippen LogP contribution in [0.3, 0.4) is 0 Å². The van der Waals surface area contributed by atoms with Crippen molar-refractivity contribution in [2.24, 2.45) is 0 Å². The Morgan fingerprint density at radius 2 is 1.16 bits per heavy atom. The summed E-state index contributed by atoms with van der Waals surface area (Å²) in [5, 5.41) is 19.4. The minimum absolute atomic E-state index is 0.327. The molecule has 0 aliphatic rings. The first kappa shape index (κ1) is 24.2. The van der Waals surface area contributed by atoms with Crippen LogP contribution in [0.15, 0.2) is 12.2 Å². The molecule has 3 heteroatoms. The number of carboxylic acids is 1. The van der Waals surface area contributed by atoms with Crippen LogP contribution in [0.5, 0.6) is 0 Å². The Bertz CT molecular complexity index is 312. The van der Waals surface area contributed by atoms with E-state index in [2.05, 4.69) is 19.1 Å². The van der Waals surface area contributed by atoms with Gasteiger partial charge in [-0.25, -0.2) is 0 Å². The zero-order chi connectivity index (χ0) is 18.6. The van der Waals surface area contributed by atoms with Gasteiger partial charge in [0.15, 0.2) is 0 Å². The van der Waals surface area contributed by atoms with Gasteiger partial charge in [-0.3, -0.25) is 0 Å². The fourth-order valence-electron chi connectivity index (χ4n) is 3.06. The van der Waals surface area contributed by atoms with Crippen LogP contribution in [0.2, 0.25) is 0 Å². The van der Waals surface area contributed by atoms with Crippen LogP contribution in [-0.2, 0) is 4.79 Å². The first-order valence-corrected chi connectivity index (χ1v) is 10.7. The summed E-state index contributed by atoms with van der Waals surface area (Å²) in [6.07, 6.45) is 23.8. The number of aliphatic hydroxyl groups excluding tert-OH is 1. The molecule has 0 spiro atoms. The summed E-state index contributed by atoms with van der Waals surface area (Å²) in [4.78, 5) is 10.3. The van der Waals surface area contributed by atoms with E-state index in [1.807, 2.05) is 0 Å². The SMILES string of the molecule is CCCCCCCC/C=C\CCCCCCCCCCC(O)C(=O)[O-]. The Kier molecular flexibility index (Phi) is 18.8. The monoisotopic (exact) mass is 353 g/mol. The molecule has 1 unspecified atom stereocenters. The van der Waals surface area contributed by atoms with Crippen LogP contribution in [0.25, 0.3) is 0 Å². The molecule has 148 valence electrons. The molecule has 0 heterocycles. The highest BCUT2D eigenvalue weighted by Gasteiger charge is 2.03. The van der Waals surface area contributed by atoms with Crippen LogP contribution in [-0.4, -0.2) is 17.2 Å². The van der Waals surface area contributed by atoms with E-state index in [9.17, 15) is 9.90 Å². The number of allylic oxidation sites excluding steroid dienone is 2. The molecule has 0 fully saturated rings. The number of carbonyl (C=O) groups excluding carboxylic acids is 1. The molecular weight excluding hydrogens is 312 g/mol. The van der Waals surface area contributed by atoms with Crippen LogP contribution < -0.4 is 5.11 Å². The van der Waals surface area contributed by atoms with Crippen LogP contribution in [0, 0.1) is 0 Å². The van der Waals surface area contributed by atoms with Gasteiger partial charge in [-0.15, -0.1) is 0 Å². The van der Waals surface area contributed by atoms with Gasteiger partial charge in [0, 0.05) is 0 Å². The standard InChI is InChI=1S/C22H42O3/c1-2-3-4-5-6-7-8-9-10-11-12-13-14-15-16-17-18-19-20-21(23)22(24)25/h9-10,21,23H,2-8,11-20H2,1H3,(H,24,25)/p-1/b10-9-. The number of aliphatic hydroxyl groups is 1. The van der Waals surface area contributed by atoms with E-state index in [0.717, 1.165) is 19.3 Å². The van der Waals surface area contributed by atoms with Crippen molar-refractivity contribution in [2.45, 2.75) is 122 Å². The maximum atomic E-state index is 10.3. The van der Waals surface area contributed by atoms with E-state index in [0.29, 0.717) is 6.42 Å². The fourth-order valence-corrected chi connectivity index (χ4v) is 3.06. The second-order valence-electron chi connectivity index (χ2n) is 7.27. The third-order valence-electron chi connectivity index (χ3n) is 4.76. The van der Waals surface area contributed by atoms with Crippen LogP contribution in [0.4, 0.5) is 0 Å². The van der Waals surface area contributed by atoms with Gasteiger partial charge in [0.1, 0.15) is 0 Å². The van der Waals surface area contributed by atoms with Crippen molar-refractivity contribution in [3.05, 3.63) is 12.2 Å². The summed E-state index contributed by atoms with van der Waals surface area (Å²) in [6, 6.07) is 0. The molecule has 0 aliphatic carbocycles. The lowest BCUT2D eigenvalue weighted by molar-refractivity contribution is -0.315. The highest BCUT2D eigenvalue weighted by atomic mass is 16.4. The van der Waals surface area contributed by atoms with Crippen molar-refractivity contribution in [3.8, 4) is 0 Å². The number of unbranched alkanes of at least 4 members (excludes halogenated alkanes) is 14. The summed E-state index contributed by atoms with van der Waals surface area (Å²) in [7, 11) is 0. The van der Waals surface area contributed by atoms with E-state index in [4.69, 9.17) is 5.11 Å². The summed E-state index contributed by atoms with van der Waals surface area (Å²) in [6.45, 7) is 2.26. The maximum Gasteiger partial charge on any atom is 0.0933 e. The second-order valence-corrected chi connectivity index (χ2v) is 7.27. The highest BCUT2D eigenvalue weighted by molar-refractivity contribution is 5.69. The number of hydrogen-bond acceptors (Lipinski definition) is 3. The molecule has 0 radical (unpaired) electrons. The Labute approximate surface area is 155 Å². The van der Waals surface area contributed by atoms with Crippen molar-refractivity contribution in [2.75, 3.05) is 0 Å². The third kappa shape index (κ3) is 19.3. The molecule has 3 nitrogen and oxygen atoms in total. The van der Waals surface area contributed by atoms with E-state index in [1.165, 1.54) is 83.5 Å². The van der Waals surface area contributed by atoms with Gasteiger partial charge in [0.2, 0.25) is 0 Å². The Hall–Kier alpha value is -0.830. The molecule has 0 aromatic heterocycles. The van der Waals surface area contributed by atoms with Gasteiger partial charge >= 0.3 is 0 Å². The zero-order valence-corrected chi connectivity index (χ0v) is 16.5.